The van der Waals surface area contributed by atoms with Crippen LogP contribution in [-0.4, -0.2) is 65.5 Å². The van der Waals surface area contributed by atoms with Crippen molar-refractivity contribution in [3.63, 3.8) is 0 Å². The molecular weight excluding hydrogens is 306 g/mol. The van der Waals surface area contributed by atoms with E-state index in [-0.39, 0.29) is 11.8 Å². The lowest BCUT2D eigenvalue weighted by Crippen LogP contribution is -2.61. The number of carbonyl (C=O) groups is 2. The molecule has 0 bridgehead atoms. The zero-order valence-electron chi connectivity index (χ0n) is 14.2. The fourth-order valence-corrected chi connectivity index (χ4v) is 3.98. The Hall–Kier alpha value is -1.95. The second-order valence-corrected chi connectivity index (χ2v) is 6.61. The zero-order valence-corrected chi connectivity index (χ0v) is 14.2. The predicted octanol–water partition coefficient (Wildman–Crippen LogP) is 1.25. The van der Waals surface area contributed by atoms with Gasteiger partial charge >= 0.3 is 0 Å². The molecule has 3 heterocycles. The molecule has 2 fully saturated rings. The van der Waals surface area contributed by atoms with E-state index in [0.29, 0.717) is 26.1 Å². The minimum atomic E-state index is -0.634. The van der Waals surface area contributed by atoms with Crippen LogP contribution >= 0.6 is 0 Å². The van der Waals surface area contributed by atoms with Crippen molar-refractivity contribution in [3.05, 3.63) is 30.1 Å². The largest absolute Gasteiger partial charge is 0.383 e. The molecule has 0 saturated carbocycles. The molecule has 2 aliphatic heterocycles. The number of amides is 2. The van der Waals surface area contributed by atoms with Crippen LogP contribution in [0.3, 0.4) is 0 Å². The number of piperidine rings is 1. The lowest BCUT2D eigenvalue weighted by Gasteiger charge is -2.44. The summed E-state index contributed by atoms with van der Waals surface area (Å²) in [4.78, 5) is 33.7. The molecule has 0 aromatic carbocycles. The topological polar surface area (TPSA) is 62.7 Å². The third-order valence-electron chi connectivity index (χ3n) is 5.14. The molecular formula is C18H25N3O3. The molecule has 1 unspecified atom stereocenters. The van der Waals surface area contributed by atoms with Crippen molar-refractivity contribution in [2.75, 3.05) is 33.4 Å². The van der Waals surface area contributed by atoms with Gasteiger partial charge in [0.15, 0.2) is 0 Å². The van der Waals surface area contributed by atoms with Crippen molar-refractivity contribution in [1.29, 1.82) is 0 Å². The molecule has 24 heavy (non-hydrogen) atoms. The lowest BCUT2D eigenvalue weighted by atomic mass is 9.85. The minimum Gasteiger partial charge on any atom is -0.383 e. The van der Waals surface area contributed by atoms with Crippen LogP contribution < -0.4 is 0 Å². The van der Waals surface area contributed by atoms with E-state index in [9.17, 15) is 9.59 Å². The summed E-state index contributed by atoms with van der Waals surface area (Å²) in [7, 11) is 1.64. The van der Waals surface area contributed by atoms with Crippen LogP contribution in [0.1, 0.15) is 31.2 Å². The highest BCUT2D eigenvalue weighted by atomic mass is 16.5. The van der Waals surface area contributed by atoms with Gasteiger partial charge in [-0.1, -0.05) is 6.07 Å². The van der Waals surface area contributed by atoms with Crippen molar-refractivity contribution in [2.24, 2.45) is 0 Å². The second kappa shape index (κ2) is 7.30. The predicted molar refractivity (Wildman–Crippen MR) is 89.3 cm³/mol. The molecule has 0 N–H and O–H groups in total. The summed E-state index contributed by atoms with van der Waals surface area (Å²) in [5.41, 5.74) is 0.259. The number of aromatic nitrogens is 1. The van der Waals surface area contributed by atoms with Gasteiger partial charge in [0.2, 0.25) is 11.8 Å². The number of nitrogens with zero attached hydrogens (tertiary/aromatic N) is 3. The maximum absolute atomic E-state index is 13.1. The highest BCUT2D eigenvalue weighted by Crippen LogP contribution is 2.38. The molecule has 0 aliphatic carbocycles. The van der Waals surface area contributed by atoms with Crippen LogP contribution in [0.2, 0.25) is 0 Å². The number of pyridine rings is 1. The van der Waals surface area contributed by atoms with E-state index in [1.54, 1.807) is 19.5 Å². The number of carbonyl (C=O) groups excluding carboxylic acids is 2. The lowest BCUT2D eigenvalue weighted by molar-refractivity contribution is -0.155. The van der Waals surface area contributed by atoms with Gasteiger partial charge in [-0.2, -0.15) is 0 Å². The van der Waals surface area contributed by atoms with Gasteiger partial charge in [-0.15, -0.1) is 0 Å². The minimum absolute atomic E-state index is 0.0300. The van der Waals surface area contributed by atoms with Gasteiger partial charge in [-0.3, -0.25) is 14.6 Å². The van der Waals surface area contributed by atoms with Gasteiger partial charge in [0.1, 0.15) is 5.54 Å². The highest BCUT2D eigenvalue weighted by molar-refractivity contribution is 5.93. The first kappa shape index (κ1) is 16.9. The maximum Gasteiger partial charge on any atom is 0.248 e. The van der Waals surface area contributed by atoms with E-state index in [0.717, 1.165) is 37.8 Å². The van der Waals surface area contributed by atoms with E-state index in [4.69, 9.17) is 4.74 Å². The molecule has 6 nitrogen and oxygen atoms in total. The van der Waals surface area contributed by atoms with E-state index >= 15 is 0 Å². The second-order valence-electron chi connectivity index (χ2n) is 6.61. The summed E-state index contributed by atoms with van der Waals surface area (Å²) in [6.07, 6.45) is 7.09. The molecule has 1 aromatic rings. The molecule has 3 rings (SSSR count). The summed E-state index contributed by atoms with van der Waals surface area (Å²) in [5, 5.41) is 0. The smallest absolute Gasteiger partial charge is 0.248 e. The molecule has 6 heteroatoms. The first-order valence-corrected chi connectivity index (χ1v) is 8.65. The Bertz CT molecular complexity index is 592. The Morgan fingerprint density at radius 1 is 1.33 bits per heavy atom. The molecule has 130 valence electrons. The fourth-order valence-electron chi connectivity index (χ4n) is 3.98. The molecule has 1 aromatic heterocycles. The molecule has 2 aliphatic rings. The van der Waals surface area contributed by atoms with Crippen LogP contribution in [0.25, 0.3) is 0 Å². The van der Waals surface area contributed by atoms with Gasteiger partial charge in [-0.05, 0) is 37.3 Å². The number of likely N-dealkylation sites (tertiary alicyclic amines) is 2. The third-order valence-corrected chi connectivity index (χ3v) is 5.14. The number of methoxy groups -OCH3 is 1. The SMILES string of the molecule is COCCN1CCCC2(CCCN2C(=O)Cc2cccnc2)C1=O. The van der Waals surface area contributed by atoms with E-state index in [1.807, 2.05) is 21.9 Å². The number of ether oxygens (including phenoxy) is 1. The highest BCUT2D eigenvalue weighted by Gasteiger charge is 2.52. The normalized spacial score (nSPS) is 24.0. The maximum atomic E-state index is 13.1. The third kappa shape index (κ3) is 3.15. The summed E-state index contributed by atoms with van der Waals surface area (Å²) in [6, 6.07) is 3.74. The van der Waals surface area contributed by atoms with E-state index in [1.165, 1.54) is 0 Å². The Morgan fingerprint density at radius 3 is 2.83 bits per heavy atom. The molecule has 0 radical (unpaired) electrons. The van der Waals surface area contributed by atoms with Crippen molar-refractivity contribution < 1.29 is 14.3 Å². The molecule has 1 spiro atoms. The first-order valence-electron chi connectivity index (χ1n) is 8.65. The summed E-state index contributed by atoms with van der Waals surface area (Å²) >= 11 is 0. The van der Waals surface area contributed by atoms with E-state index in [2.05, 4.69) is 4.98 Å². The van der Waals surface area contributed by atoms with Gasteiger partial charge in [0.25, 0.3) is 0 Å². The van der Waals surface area contributed by atoms with Gasteiger partial charge in [0, 0.05) is 39.1 Å². The molecule has 1 atom stereocenters. The van der Waals surface area contributed by atoms with Gasteiger partial charge < -0.3 is 14.5 Å². The monoisotopic (exact) mass is 331 g/mol. The van der Waals surface area contributed by atoms with Gasteiger partial charge in [0.05, 0.1) is 13.0 Å². The fraction of sp³-hybridized carbons (Fsp3) is 0.611. The standard InChI is InChI=1S/C18H25N3O3/c1-24-12-11-20-9-3-6-18(17(20)23)7-4-10-21(18)16(22)13-15-5-2-8-19-14-15/h2,5,8,14H,3-4,6-7,9-13H2,1H3. The van der Waals surface area contributed by atoms with Crippen LogP contribution in [0.4, 0.5) is 0 Å². The van der Waals surface area contributed by atoms with Crippen molar-refractivity contribution in [1.82, 2.24) is 14.8 Å². The number of hydrogen-bond donors (Lipinski definition) is 0. The zero-order chi connectivity index (χ0) is 17.0. The first-order chi connectivity index (χ1) is 11.7. The van der Waals surface area contributed by atoms with Crippen LogP contribution in [0.15, 0.2) is 24.5 Å². The van der Waals surface area contributed by atoms with Crippen LogP contribution in [0.5, 0.6) is 0 Å². The Kier molecular flexibility index (Phi) is 5.14. The van der Waals surface area contributed by atoms with Crippen molar-refractivity contribution in [2.45, 2.75) is 37.6 Å². The quantitative estimate of drug-likeness (QED) is 0.815. The molecule has 2 amide bonds. The number of rotatable bonds is 5. The van der Waals surface area contributed by atoms with Crippen molar-refractivity contribution >= 4 is 11.8 Å². The summed E-state index contributed by atoms with van der Waals surface area (Å²) in [5.74, 6) is 0.130. The van der Waals surface area contributed by atoms with Crippen molar-refractivity contribution in [3.8, 4) is 0 Å². The average molecular weight is 331 g/mol. The van der Waals surface area contributed by atoms with Crippen LogP contribution in [0, 0.1) is 0 Å². The summed E-state index contributed by atoms with van der Waals surface area (Å²) in [6.45, 7) is 2.56. The van der Waals surface area contributed by atoms with E-state index < -0.39 is 5.54 Å². The summed E-state index contributed by atoms with van der Waals surface area (Å²) < 4.78 is 5.12. The average Bonchev–Trinajstić information content (AvgIpc) is 3.02. The van der Waals surface area contributed by atoms with Crippen LogP contribution in [-0.2, 0) is 20.7 Å². The Morgan fingerprint density at radius 2 is 2.12 bits per heavy atom. The molecule has 2 saturated heterocycles. The number of hydrogen-bond acceptors (Lipinski definition) is 4. The van der Waals surface area contributed by atoms with Gasteiger partial charge in [-0.25, -0.2) is 0 Å². The Labute approximate surface area is 142 Å². The Balaban J connectivity index is 1.75.